The van der Waals surface area contributed by atoms with E-state index in [-0.39, 0.29) is 11.5 Å². The Hall–Kier alpha value is -0.130. The highest BCUT2D eigenvalue weighted by atomic mass is 32.2. The highest BCUT2D eigenvalue weighted by Gasteiger charge is 2.40. The maximum Gasteiger partial charge on any atom is 0.277 e. The maximum absolute atomic E-state index is 11.5. The van der Waals surface area contributed by atoms with E-state index in [1.54, 1.807) is 0 Å². The van der Waals surface area contributed by atoms with Gasteiger partial charge in [0.2, 0.25) is 0 Å². The zero-order valence-electron chi connectivity index (χ0n) is 10.2. The summed E-state index contributed by atoms with van der Waals surface area (Å²) < 4.78 is 28.2. The molecule has 1 heterocycles. The van der Waals surface area contributed by atoms with Crippen molar-refractivity contribution in [2.45, 2.75) is 40.7 Å². The molecule has 15 heavy (non-hydrogen) atoms. The predicted molar refractivity (Wildman–Crippen MR) is 61.6 cm³/mol. The second-order valence-corrected chi connectivity index (χ2v) is 7.25. The average molecular weight is 234 g/mol. The summed E-state index contributed by atoms with van der Waals surface area (Å²) >= 11 is 0. The van der Waals surface area contributed by atoms with Gasteiger partial charge in [-0.2, -0.15) is 13.1 Å². The second-order valence-electron chi connectivity index (χ2n) is 5.72. The topological polar surface area (TPSA) is 58.2 Å². The van der Waals surface area contributed by atoms with Crippen molar-refractivity contribution in [2.75, 3.05) is 6.54 Å². The molecule has 4 nitrogen and oxygen atoms in total. The van der Waals surface area contributed by atoms with Crippen molar-refractivity contribution in [2.24, 2.45) is 17.3 Å². The lowest BCUT2D eigenvalue weighted by atomic mass is 9.75. The van der Waals surface area contributed by atoms with Gasteiger partial charge in [0.05, 0.1) is 0 Å². The molecule has 0 bridgehead atoms. The van der Waals surface area contributed by atoms with Gasteiger partial charge in [0.1, 0.15) is 0 Å². The van der Waals surface area contributed by atoms with Crippen LogP contribution in [-0.2, 0) is 10.2 Å². The molecular weight excluding hydrogens is 212 g/mol. The summed E-state index contributed by atoms with van der Waals surface area (Å²) in [5, 5.41) is 0. The van der Waals surface area contributed by atoms with E-state index >= 15 is 0 Å². The molecule has 90 valence electrons. The lowest BCUT2D eigenvalue weighted by Crippen LogP contribution is -2.60. The minimum absolute atomic E-state index is 0.00347. The first-order valence-corrected chi connectivity index (χ1v) is 6.89. The summed E-state index contributed by atoms with van der Waals surface area (Å²) in [7, 11) is -3.28. The van der Waals surface area contributed by atoms with Gasteiger partial charge in [-0.3, -0.25) is 0 Å². The van der Waals surface area contributed by atoms with E-state index in [0.717, 1.165) is 0 Å². The molecule has 2 N–H and O–H groups in total. The molecule has 0 saturated carbocycles. The lowest BCUT2D eigenvalue weighted by molar-refractivity contribution is 0.169. The van der Waals surface area contributed by atoms with Gasteiger partial charge >= 0.3 is 0 Å². The number of rotatable bonds is 1. The monoisotopic (exact) mass is 234 g/mol. The van der Waals surface area contributed by atoms with Crippen LogP contribution in [-0.4, -0.2) is 21.0 Å². The van der Waals surface area contributed by atoms with E-state index < -0.39 is 10.2 Å². The van der Waals surface area contributed by atoms with Crippen LogP contribution in [0, 0.1) is 17.3 Å². The normalized spacial score (nSPS) is 31.9. The van der Waals surface area contributed by atoms with Crippen molar-refractivity contribution < 1.29 is 8.42 Å². The molecule has 1 fully saturated rings. The first kappa shape index (κ1) is 12.9. The molecule has 2 atom stereocenters. The van der Waals surface area contributed by atoms with Crippen molar-refractivity contribution in [1.29, 1.82) is 0 Å². The van der Waals surface area contributed by atoms with E-state index in [4.69, 9.17) is 0 Å². The fraction of sp³-hybridized carbons (Fsp3) is 1.00. The highest BCUT2D eigenvalue weighted by Crippen LogP contribution is 2.31. The van der Waals surface area contributed by atoms with Crippen LogP contribution in [0.5, 0.6) is 0 Å². The molecule has 1 aliphatic heterocycles. The van der Waals surface area contributed by atoms with Crippen molar-refractivity contribution in [1.82, 2.24) is 9.44 Å². The largest absolute Gasteiger partial charge is 0.277 e. The Labute approximate surface area is 93.0 Å². The standard InChI is InChI=1S/C10H22N2O2S/c1-7(2)8-6-11-15(13,14)12-9(8)10(3,4)5/h7-9,11-12H,6H2,1-5H3. The Morgan fingerprint density at radius 1 is 1.27 bits per heavy atom. The zero-order chi connectivity index (χ0) is 11.9. The van der Waals surface area contributed by atoms with Gasteiger partial charge in [-0.05, 0) is 17.3 Å². The summed E-state index contributed by atoms with van der Waals surface area (Å²) in [6, 6.07) is 0.00347. The van der Waals surface area contributed by atoms with Gasteiger partial charge in [0, 0.05) is 12.6 Å². The Bertz CT molecular complexity index is 317. The molecule has 1 rings (SSSR count). The van der Waals surface area contributed by atoms with Crippen molar-refractivity contribution in [3.05, 3.63) is 0 Å². The maximum atomic E-state index is 11.5. The Balaban J connectivity index is 2.93. The highest BCUT2D eigenvalue weighted by molar-refractivity contribution is 7.87. The molecular formula is C10H22N2O2S. The van der Waals surface area contributed by atoms with Gasteiger partial charge in [-0.1, -0.05) is 34.6 Å². The number of nitrogens with one attached hydrogen (secondary N) is 2. The van der Waals surface area contributed by atoms with Crippen molar-refractivity contribution >= 4 is 10.2 Å². The van der Waals surface area contributed by atoms with Gasteiger partial charge in [0.15, 0.2) is 0 Å². The average Bonchev–Trinajstić information content (AvgIpc) is 2.00. The quantitative estimate of drug-likeness (QED) is 0.714. The van der Waals surface area contributed by atoms with Crippen LogP contribution in [0.25, 0.3) is 0 Å². The molecule has 0 radical (unpaired) electrons. The molecule has 0 aromatic carbocycles. The SMILES string of the molecule is CC(C)C1CNS(=O)(=O)NC1C(C)(C)C. The third kappa shape index (κ3) is 3.16. The summed E-state index contributed by atoms with van der Waals surface area (Å²) in [4.78, 5) is 0. The zero-order valence-corrected chi connectivity index (χ0v) is 11.0. The molecule has 0 amide bonds. The van der Waals surface area contributed by atoms with Crippen LogP contribution >= 0.6 is 0 Å². The van der Waals surface area contributed by atoms with E-state index in [0.29, 0.717) is 18.4 Å². The summed E-state index contributed by atoms with van der Waals surface area (Å²) in [6.45, 7) is 11.0. The van der Waals surface area contributed by atoms with E-state index in [2.05, 4.69) is 44.1 Å². The molecule has 1 saturated heterocycles. The summed E-state index contributed by atoms with van der Waals surface area (Å²) in [5.41, 5.74) is -0.0515. The number of hydrogen-bond acceptors (Lipinski definition) is 2. The fourth-order valence-electron chi connectivity index (χ4n) is 2.06. The first-order chi connectivity index (χ1) is 6.63. The van der Waals surface area contributed by atoms with Crippen LogP contribution < -0.4 is 9.44 Å². The molecule has 0 aromatic rings. The van der Waals surface area contributed by atoms with E-state index in [1.165, 1.54) is 0 Å². The van der Waals surface area contributed by atoms with E-state index in [9.17, 15) is 8.42 Å². The molecule has 2 unspecified atom stereocenters. The molecule has 0 spiro atoms. The smallest absolute Gasteiger partial charge is 0.202 e. The summed E-state index contributed by atoms with van der Waals surface area (Å²) in [6.07, 6.45) is 0. The van der Waals surface area contributed by atoms with Gasteiger partial charge in [0.25, 0.3) is 10.2 Å². The third-order valence-corrected chi connectivity index (χ3v) is 4.12. The molecule has 0 aliphatic carbocycles. The van der Waals surface area contributed by atoms with Crippen LogP contribution in [0.2, 0.25) is 0 Å². The summed E-state index contributed by atoms with van der Waals surface area (Å²) in [5.74, 6) is 0.804. The van der Waals surface area contributed by atoms with Gasteiger partial charge < -0.3 is 0 Å². The fourth-order valence-corrected chi connectivity index (χ4v) is 3.42. The van der Waals surface area contributed by atoms with Crippen molar-refractivity contribution in [3.63, 3.8) is 0 Å². The molecule has 0 aromatic heterocycles. The Morgan fingerprint density at radius 2 is 1.80 bits per heavy atom. The molecule has 5 heteroatoms. The minimum atomic E-state index is -3.28. The van der Waals surface area contributed by atoms with Crippen LogP contribution in [0.4, 0.5) is 0 Å². The van der Waals surface area contributed by atoms with E-state index in [1.807, 2.05) is 0 Å². The predicted octanol–water partition coefficient (Wildman–Crippen LogP) is 1.11. The second kappa shape index (κ2) is 4.03. The Kier molecular flexibility index (Phi) is 3.48. The van der Waals surface area contributed by atoms with Crippen LogP contribution in [0.3, 0.4) is 0 Å². The van der Waals surface area contributed by atoms with Crippen molar-refractivity contribution in [3.8, 4) is 0 Å². The van der Waals surface area contributed by atoms with Crippen LogP contribution in [0.15, 0.2) is 0 Å². The Morgan fingerprint density at radius 3 is 2.20 bits per heavy atom. The first-order valence-electron chi connectivity index (χ1n) is 5.40. The number of hydrogen-bond donors (Lipinski definition) is 2. The molecule has 1 aliphatic rings. The van der Waals surface area contributed by atoms with Gasteiger partial charge in [-0.15, -0.1) is 0 Å². The van der Waals surface area contributed by atoms with Crippen LogP contribution in [0.1, 0.15) is 34.6 Å². The lowest BCUT2D eigenvalue weighted by Gasteiger charge is -2.42. The van der Waals surface area contributed by atoms with Gasteiger partial charge in [-0.25, -0.2) is 4.72 Å². The third-order valence-electron chi connectivity index (χ3n) is 3.01. The minimum Gasteiger partial charge on any atom is -0.202 e.